The Kier molecular flexibility index (Phi) is 8.24. The van der Waals surface area contributed by atoms with E-state index in [9.17, 15) is 4.21 Å². The Morgan fingerprint density at radius 3 is 2.48 bits per heavy atom. The molecule has 118 valence electrons. The van der Waals surface area contributed by atoms with Crippen molar-refractivity contribution in [3.63, 3.8) is 0 Å². The average Bonchev–Trinajstić information content (AvgIpc) is 2.46. The van der Waals surface area contributed by atoms with Gasteiger partial charge in [-0.1, -0.05) is 31.4 Å². The van der Waals surface area contributed by atoms with Gasteiger partial charge in [-0.2, -0.15) is 0 Å². The van der Waals surface area contributed by atoms with E-state index in [0.29, 0.717) is 18.5 Å². The van der Waals surface area contributed by atoms with Crippen LogP contribution in [-0.2, 0) is 17.3 Å². The van der Waals surface area contributed by atoms with Crippen LogP contribution in [-0.4, -0.2) is 22.5 Å². The molecule has 1 aromatic carbocycles. The molecule has 2 rings (SSSR count). The maximum atomic E-state index is 11.3. The van der Waals surface area contributed by atoms with Crippen LogP contribution < -0.4 is 11.1 Å². The third kappa shape index (κ3) is 6.34. The fourth-order valence-electron chi connectivity index (χ4n) is 2.46. The van der Waals surface area contributed by atoms with Crippen LogP contribution in [0.15, 0.2) is 34.2 Å². The molecule has 1 saturated carbocycles. The van der Waals surface area contributed by atoms with Crippen LogP contribution >= 0.6 is 24.0 Å². The first-order chi connectivity index (χ1) is 9.65. The van der Waals surface area contributed by atoms with Crippen molar-refractivity contribution in [1.29, 1.82) is 0 Å². The highest BCUT2D eigenvalue weighted by Crippen LogP contribution is 2.17. The molecular weight excluding hydrogens is 397 g/mol. The number of nitrogens with two attached hydrogens (primary N) is 1. The summed E-state index contributed by atoms with van der Waals surface area (Å²) in [6.07, 6.45) is 7.95. The second-order valence-corrected chi connectivity index (χ2v) is 6.66. The van der Waals surface area contributed by atoms with E-state index in [4.69, 9.17) is 5.73 Å². The molecule has 0 spiro atoms. The van der Waals surface area contributed by atoms with Gasteiger partial charge in [-0.15, -0.1) is 24.0 Å². The molecule has 21 heavy (non-hydrogen) atoms. The van der Waals surface area contributed by atoms with E-state index >= 15 is 0 Å². The van der Waals surface area contributed by atoms with Gasteiger partial charge in [0.25, 0.3) is 0 Å². The summed E-state index contributed by atoms with van der Waals surface area (Å²) in [5.41, 5.74) is 7.00. The number of hydrogen-bond donors (Lipinski definition) is 2. The predicted octanol–water partition coefficient (Wildman–Crippen LogP) is 2.78. The number of rotatable bonds is 4. The van der Waals surface area contributed by atoms with Crippen LogP contribution in [0.5, 0.6) is 0 Å². The summed E-state index contributed by atoms with van der Waals surface area (Å²) in [4.78, 5) is 5.21. The topological polar surface area (TPSA) is 67.5 Å². The quantitative estimate of drug-likeness (QED) is 0.447. The molecule has 0 aromatic heterocycles. The molecule has 1 atom stereocenters. The Bertz CT molecular complexity index is 484. The van der Waals surface area contributed by atoms with Crippen molar-refractivity contribution in [3.05, 3.63) is 29.8 Å². The number of nitrogens with one attached hydrogen (secondary N) is 1. The van der Waals surface area contributed by atoms with Gasteiger partial charge in [0.1, 0.15) is 0 Å². The Morgan fingerprint density at radius 1 is 1.29 bits per heavy atom. The molecule has 1 unspecified atom stereocenters. The van der Waals surface area contributed by atoms with Gasteiger partial charge in [0.15, 0.2) is 5.96 Å². The van der Waals surface area contributed by atoms with Crippen molar-refractivity contribution in [2.75, 3.05) is 6.26 Å². The average molecular weight is 421 g/mol. The predicted molar refractivity (Wildman–Crippen MR) is 99.5 cm³/mol. The fraction of sp³-hybridized carbons (Fsp3) is 0.533. The minimum atomic E-state index is -0.928. The Hall–Kier alpha value is -0.630. The van der Waals surface area contributed by atoms with Crippen LogP contribution in [0.2, 0.25) is 0 Å². The van der Waals surface area contributed by atoms with Gasteiger partial charge in [-0.05, 0) is 30.5 Å². The molecule has 0 heterocycles. The van der Waals surface area contributed by atoms with E-state index in [1.54, 1.807) is 6.26 Å². The normalized spacial score (nSPS) is 17.9. The van der Waals surface area contributed by atoms with E-state index < -0.39 is 10.8 Å². The van der Waals surface area contributed by atoms with Gasteiger partial charge in [0.2, 0.25) is 0 Å². The fourth-order valence-corrected chi connectivity index (χ4v) is 2.98. The highest BCUT2D eigenvalue weighted by Gasteiger charge is 2.13. The zero-order valence-electron chi connectivity index (χ0n) is 12.4. The summed E-state index contributed by atoms with van der Waals surface area (Å²) < 4.78 is 11.3. The van der Waals surface area contributed by atoms with Crippen molar-refractivity contribution in [2.24, 2.45) is 10.7 Å². The minimum Gasteiger partial charge on any atom is -0.370 e. The SMILES string of the molecule is CS(=O)c1ccc(CN=C(N)NC2CCCCC2)cc1.I. The third-order valence-corrected chi connectivity index (χ3v) is 4.58. The molecule has 1 fully saturated rings. The molecular formula is C15H24IN3OS. The second-order valence-electron chi connectivity index (χ2n) is 5.28. The summed E-state index contributed by atoms with van der Waals surface area (Å²) in [6, 6.07) is 8.15. The molecule has 1 aromatic rings. The van der Waals surface area contributed by atoms with Crippen molar-refractivity contribution in [3.8, 4) is 0 Å². The summed E-state index contributed by atoms with van der Waals surface area (Å²) in [5.74, 6) is 0.528. The highest BCUT2D eigenvalue weighted by atomic mass is 127. The van der Waals surface area contributed by atoms with Crippen LogP contribution in [0.3, 0.4) is 0 Å². The number of benzene rings is 1. The lowest BCUT2D eigenvalue weighted by Crippen LogP contribution is -2.41. The van der Waals surface area contributed by atoms with Gasteiger partial charge in [-0.25, -0.2) is 4.99 Å². The molecule has 0 bridgehead atoms. The highest BCUT2D eigenvalue weighted by molar-refractivity contribution is 14.0. The zero-order chi connectivity index (χ0) is 14.4. The van der Waals surface area contributed by atoms with Crippen molar-refractivity contribution in [1.82, 2.24) is 5.32 Å². The summed E-state index contributed by atoms with van der Waals surface area (Å²) >= 11 is 0. The third-order valence-electron chi connectivity index (χ3n) is 3.64. The van der Waals surface area contributed by atoms with Gasteiger partial charge >= 0.3 is 0 Å². The lowest BCUT2D eigenvalue weighted by Gasteiger charge is -2.23. The number of hydrogen-bond acceptors (Lipinski definition) is 2. The maximum absolute atomic E-state index is 11.3. The van der Waals surface area contributed by atoms with Crippen LogP contribution in [0.4, 0.5) is 0 Å². The van der Waals surface area contributed by atoms with Crippen molar-refractivity contribution < 1.29 is 4.21 Å². The van der Waals surface area contributed by atoms with E-state index in [-0.39, 0.29) is 24.0 Å². The lowest BCUT2D eigenvalue weighted by atomic mass is 9.96. The molecule has 4 nitrogen and oxygen atoms in total. The lowest BCUT2D eigenvalue weighted by molar-refractivity contribution is 0.412. The van der Waals surface area contributed by atoms with E-state index in [0.717, 1.165) is 10.5 Å². The van der Waals surface area contributed by atoms with Crippen molar-refractivity contribution >= 4 is 40.7 Å². The molecule has 0 amide bonds. The molecule has 0 saturated heterocycles. The van der Waals surface area contributed by atoms with Crippen molar-refractivity contribution in [2.45, 2.75) is 49.6 Å². The molecule has 0 aliphatic heterocycles. The number of halogens is 1. The number of nitrogens with zero attached hydrogens (tertiary/aromatic N) is 1. The first-order valence-corrected chi connectivity index (χ1v) is 8.70. The summed E-state index contributed by atoms with van der Waals surface area (Å²) in [7, 11) is -0.928. The van der Waals surface area contributed by atoms with E-state index in [1.807, 2.05) is 24.3 Å². The molecule has 0 radical (unpaired) electrons. The first-order valence-electron chi connectivity index (χ1n) is 7.14. The van der Waals surface area contributed by atoms with Gasteiger partial charge in [-0.3, -0.25) is 4.21 Å². The van der Waals surface area contributed by atoms with Gasteiger partial charge < -0.3 is 11.1 Å². The molecule has 1 aliphatic carbocycles. The Labute approximate surface area is 146 Å². The first kappa shape index (κ1) is 18.4. The van der Waals surface area contributed by atoms with Gasteiger partial charge in [0.05, 0.1) is 6.54 Å². The smallest absolute Gasteiger partial charge is 0.189 e. The van der Waals surface area contributed by atoms with E-state index in [1.165, 1.54) is 32.1 Å². The van der Waals surface area contributed by atoms with Gasteiger partial charge in [0, 0.05) is 28.0 Å². The monoisotopic (exact) mass is 421 g/mol. The summed E-state index contributed by atoms with van der Waals surface area (Å²) in [6.45, 7) is 0.558. The minimum absolute atomic E-state index is 0. The Balaban J connectivity index is 0.00000220. The maximum Gasteiger partial charge on any atom is 0.189 e. The standard InChI is InChI=1S/C15H23N3OS.HI/c1-20(19)14-9-7-12(8-10-14)11-17-15(16)18-13-5-3-2-4-6-13;/h7-10,13H,2-6,11H2,1H3,(H3,16,17,18);1H. The number of aliphatic imine (C=N–C) groups is 1. The zero-order valence-corrected chi connectivity index (χ0v) is 15.5. The second kappa shape index (κ2) is 9.40. The number of guanidine groups is 1. The largest absolute Gasteiger partial charge is 0.370 e. The molecule has 6 heteroatoms. The van der Waals surface area contributed by atoms with Crippen LogP contribution in [0, 0.1) is 0 Å². The van der Waals surface area contributed by atoms with Crippen LogP contribution in [0.1, 0.15) is 37.7 Å². The van der Waals surface area contributed by atoms with Crippen LogP contribution in [0.25, 0.3) is 0 Å². The molecule has 3 N–H and O–H groups in total. The van der Waals surface area contributed by atoms with E-state index in [2.05, 4.69) is 10.3 Å². The molecule has 1 aliphatic rings. The Morgan fingerprint density at radius 2 is 1.90 bits per heavy atom. The summed E-state index contributed by atoms with van der Waals surface area (Å²) in [5, 5.41) is 3.30.